The molecule has 0 aliphatic heterocycles. The quantitative estimate of drug-likeness (QED) is 0.402. The van der Waals surface area contributed by atoms with Crippen molar-refractivity contribution in [2.45, 2.75) is 19.8 Å². The first-order valence-electron chi connectivity index (χ1n) is 7.46. The highest BCUT2D eigenvalue weighted by molar-refractivity contribution is 9.10. The molecule has 0 saturated heterocycles. The standard InChI is InChI=1S/C18H16BrFO4/c1-2-3-10-23-17(21)13-6-4-5-7-14(13)18(22)24-16-9-8-12(20)11-15(16)19/h4-9,11H,2-3,10H2,1H3. The van der Waals surface area contributed by atoms with E-state index < -0.39 is 17.8 Å². The zero-order chi connectivity index (χ0) is 17.5. The predicted octanol–water partition coefficient (Wildman–Crippen LogP) is 4.76. The lowest BCUT2D eigenvalue weighted by Gasteiger charge is -2.10. The summed E-state index contributed by atoms with van der Waals surface area (Å²) in [5.41, 5.74) is 0.229. The van der Waals surface area contributed by atoms with Gasteiger partial charge in [0.05, 0.1) is 22.2 Å². The number of halogens is 2. The van der Waals surface area contributed by atoms with Crippen molar-refractivity contribution in [3.05, 3.63) is 63.9 Å². The van der Waals surface area contributed by atoms with Crippen LogP contribution in [-0.4, -0.2) is 18.5 Å². The average Bonchev–Trinajstić information content (AvgIpc) is 2.57. The molecular formula is C18H16BrFO4. The van der Waals surface area contributed by atoms with Crippen LogP contribution >= 0.6 is 15.9 Å². The van der Waals surface area contributed by atoms with Crippen molar-refractivity contribution >= 4 is 27.9 Å². The Balaban J connectivity index is 2.19. The molecule has 0 N–H and O–H groups in total. The van der Waals surface area contributed by atoms with Crippen LogP contribution in [0.5, 0.6) is 5.75 Å². The number of carbonyl (C=O) groups is 2. The monoisotopic (exact) mass is 394 g/mol. The first-order valence-corrected chi connectivity index (χ1v) is 8.25. The van der Waals surface area contributed by atoms with Gasteiger partial charge in [-0.2, -0.15) is 0 Å². The molecular weight excluding hydrogens is 379 g/mol. The van der Waals surface area contributed by atoms with Crippen LogP contribution in [0.25, 0.3) is 0 Å². The molecule has 0 atom stereocenters. The van der Waals surface area contributed by atoms with Gasteiger partial charge in [-0.25, -0.2) is 14.0 Å². The van der Waals surface area contributed by atoms with Crippen molar-refractivity contribution in [2.75, 3.05) is 6.61 Å². The number of ether oxygens (including phenoxy) is 2. The Bertz CT molecular complexity index is 746. The molecule has 2 aromatic carbocycles. The molecule has 126 valence electrons. The number of unbranched alkanes of at least 4 members (excludes halogenated alkanes) is 1. The number of rotatable bonds is 6. The normalized spacial score (nSPS) is 10.3. The fourth-order valence-electron chi connectivity index (χ4n) is 1.94. The van der Waals surface area contributed by atoms with E-state index >= 15 is 0 Å². The second-order valence-corrected chi connectivity index (χ2v) is 5.85. The summed E-state index contributed by atoms with van der Waals surface area (Å²) in [6, 6.07) is 9.95. The zero-order valence-corrected chi connectivity index (χ0v) is 14.6. The first-order chi connectivity index (χ1) is 11.5. The lowest BCUT2D eigenvalue weighted by Crippen LogP contribution is -2.16. The maximum atomic E-state index is 13.1. The molecule has 0 heterocycles. The van der Waals surface area contributed by atoms with E-state index in [0.717, 1.165) is 12.8 Å². The zero-order valence-electron chi connectivity index (χ0n) is 13.1. The van der Waals surface area contributed by atoms with E-state index in [0.29, 0.717) is 11.1 Å². The molecule has 0 unspecified atom stereocenters. The first kappa shape index (κ1) is 18.1. The molecule has 0 aliphatic rings. The minimum atomic E-state index is -0.717. The number of carbonyl (C=O) groups excluding carboxylic acids is 2. The molecule has 0 saturated carbocycles. The number of esters is 2. The second-order valence-electron chi connectivity index (χ2n) is 5.00. The van der Waals surface area contributed by atoms with Crippen molar-refractivity contribution in [3.8, 4) is 5.75 Å². The third-order valence-electron chi connectivity index (χ3n) is 3.19. The van der Waals surface area contributed by atoms with Gasteiger partial charge in [-0.05, 0) is 52.7 Å². The Morgan fingerprint density at radius 2 is 1.75 bits per heavy atom. The van der Waals surface area contributed by atoms with Gasteiger partial charge in [0.25, 0.3) is 0 Å². The summed E-state index contributed by atoms with van der Waals surface area (Å²) < 4.78 is 23.8. The molecule has 4 nitrogen and oxygen atoms in total. The molecule has 2 aromatic rings. The molecule has 2 rings (SSSR count). The number of hydrogen-bond donors (Lipinski definition) is 0. The van der Waals surface area contributed by atoms with Gasteiger partial charge >= 0.3 is 11.9 Å². The largest absolute Gasteiger partial charge is 0.462 e. The third kappa shape index (κ3) is 4.64. The predicted molar refractivity (Wildman–Crippen MR) is 90.7 cm³/mol. The van der Waals surface area contributed by atoms with E-state index in [9.17, 15) is 14.0 Å². The van der Waals surface area contributed by atoms with Gasteiger partial charge in [0, 0.05) is 0 Å². The van der Waals surface area contributed by atoms with Crippen LogP contribution in [0.15, 0.2) is 46.9 Å². The second kappa shape index (κ2) is 8.59. The fraction of sp³-hybridized carbons (Fsp3) is 0.222. The summed E-state index contributed by atoms with van der Waals surface area (Å²) >= 11 is 3.13. The van der Waals surface area contributed by atoms with Crippen LogP contribution in [0, 0.1) is 5.82 Å². The van der Waals surface area contributed by atoms with E-state index in [1.807, 2.05) is 6.92 Å². The highest BCUT2D eigenvalue weighted by Crippen LogP contribution is 2.26. The Hall–Kier alpha value is -2.21. The van der Waals surface area contributed by atoms with Crippen LogP contribution in [0.2, 0.25) is 0 Å². The molecule has 0 spiro atoms. The van der Waals surface area contributed by atoms with Crippen LogP contribution in [0.4, 0.5) is 4.39 Å². The summed E-state index contributed by atoms with van der Waals surface area (Å²) in [6.07, 6.45) is 1.65. The van der Waals surface area contributed by atoms with E-state index in [2.05, 4.69) is 15.9 Å². The lowest BCUT2D eigenvalue weighted by atomic mass is 10.1. The Labute approximate surface area is 147 Å². The third-order valence-corrected chi connectivity index (χ3v) is 3.81. The van der Waals surface area contributed by atoms with Crippen LogP contribution in [0.3, 0.4) is 0 Å². The Kier molecular flexibility index (Phi) is 6.49. The summed E-state index contributed by atoms with van der Waals surface area (Å²) in [6.45, 7) is 2.28. The number of benzene rings is 2. The molecule has 6 heteroatoms. The maximum absolute atomic E-state index is 13.1. The molecule has 0 aromatic heterocycles. The highest BCUT2D eigenvalue weighted by Gasteiger charge is 2.20. The van der Waals surface area contributed by atoms with Crippen molar-refractivity contribution in [1.29, 1.82) is 0 Å². The summed E-state index contributed by atoms with van der Waals surface area (Å²) in [5, 5.41) is 0. The Morgan fingerprint density at radius 3 is 2.38 bits per heavy atom. The minimum absolute atomic E-state index is 0.0928. The topological polar surface area (TPSA) is 52.6 Å². The molecule has 0 fully saturated rings. The van der Waals surface area contributed by atoms with E-state index in [-0.39, 0.29) is 16.9 Å². The minimum Gasteiger partial charge on any atom is -0.462 e. The van der Waals surface area contributed by atoms with Gasteiger partial charge in [-0.15, -0.1) is 0 Å². The molecule has 0 aliphatic carbocycles. The lowest BCUT2D eigenvalue weighted by molar-refractivity contribution is 0.0491. The van der Waals surface area contributed by atoms with Crippen molar-refractivity contribution in [2.24, 2.45) is 0 Å². The average molecular weight is 395 g/mol. The van der Waals surface area contributed by atoms with Gasteiger partial charge in [0.15, 0.2) is 0 Å². The van der Waals surface area contributed by atoms with Crippen molar-refractivity contribution in [3.63, 3.8) is 0 Å². The van der Waals surface area contributed by atoms with E-state index in [1.165, 1.54) is 30.3 Å². The van der Waals surface area contributed by atoms with E-state index in [4.69, 9.17) is 9.47 Å². The Morgan fingerprint density at radius 1 is 1.08 bits per heavy atom. The van der Waals surface area contributed by atoms with Gasteiger partial charge in [0.1, 0.15) is 11.6 Å². The van der Waals surface area contributed by atoms with Crippen molar-refractivity contribution in [1.82, 2.24) is 0 Å². The van der Waals surface area contributed by atoms with Crippen LogP contribution in [0.1, 0.15) is 40.5 Å². The van der Waals surface area contributed by atoms with Gasteiger partial charge < -0.3 is 9.47 Å². The van der Waals surface area contributed by atoms with Gasteiger partial charge in [-0.3, -0.25) is 0 Å². The fourth-order valence-corrected chi connectivity index (χ4v) is 2.37. The van der Waals surface area contributed by atoms with Crippen molar-refractivity contribution < 1.29 is 23.5 Å². The summed E-state index contributed by atoms with van der Waals surface area (Å²) in [4.78, 5) is 24.5. The van der Waals surface area contributed by atoms with E-state index in [1.54, 1.807) is 12.1 Å². The maximum Gasteiger partial charge on any atom is 0.344 e. The van der Waals surface area contributed by atoms with Crippen LogP contribution in [-0.2, 0) is 4.74 Å². The molecule has 0 bridgehead atoms. The smallest absolute Gasteiger partial charge is 0.344 e. The van der Waals surface area contributed by atoms with Gasteiger partial charge in [0.2, 0.25) is 0 Å². The summed E-state index contributed by atoms with van der Waals surface area (Å²) in [7, 11) is 0. The number of hydrogen-bond acceptors (Lipinski definition) is 4. The molecule has 24 heavy (non-hydrogen) atoms. The molecule has 0 amide bonds. The molecule has 0 radical (unpaired) electrons. The SMILES string of the molecule is CCCCOC(=O)c1ccccc1C(=O)Oc1ccc(F)cc1Br. The van der Waals surface area contributed by atoms with Gasteiger partial charge in [-0.1, -0.05) is 25.5 Å². The highest BCUT2D eigenvalue weighted by atomic mass is 79.9. The van der Waals surface area contributed by atoms with Crippen LogP contribution < -0.4 is 4.74 Å². The summed E-state index contributed by atoms with van der Waals surface area (Å²) in [5.74, 6) is -1.59.